The third-order valence-electron chi connectivity index (χ3n) is 7.37. The normalized spacial score (nSPS) is 18.7. The van der Waals surface area contributed by atoms with Crippen molar-refractivity contribution >= 4 is 62.1 Å². The Kier molecular flexibility index (Phi) is 8.50. The van der Waals surface area contributed by atoms with Crippen LogP contribution in [0.2, 0.25) is 15.1 Å². The fourth-order valence-electron chi connectivity index (χ4n) is 5.30. The summed E-state index contributed by atoms with van der Waals surface area (Å²) in [5.74, 6) is -0.561. The minimum absolute atomic E-state index is 0.0508. The second-order valence-electron chi connectivity index (χ2n) is 9.87. The zero-order chi connectivity index (χ0) is 28.6. The van der Waals surface area contributed by atoms with E-state index in [2.05, 4.69) is 4.90 Å². The molecule has 212 valence electrons. The summed E-state index contributed by atoms with van der Waals surface area (Å²) in [6.45, 7) is 4.09. The maximum Gasteiger partial charge on any atom is 0.246 e. The second kappa shape index (κ2) is 11.7. The van der Waals surface area contributed by atoms with Crippen molar-refractivity contribution < 1.29 is 17.6 Å². The minimum atomic E-state index is -3.90. The van der Waals surface area contributed by atoms with Gasteiger partial charge in [0.05, 0.1) is 15.6 Å². The van der Waals surface area contributed by atoms with E-state index < -0.39 is 16.1 Å². The van der Waals surface area contributed by atoms with Crippen LogP contribution in [-0.4, -0.2) is 75.4 Å². The lowest BCUT2D eigenvalue weighted by Crippen LogP contribution is -2.62. The topological polar surface area (TPSA) is 64.2 Å². The molecule has 5 rings (SSSR count). The summed E-state index contributed by atoms with van der Waals surface area (Å²) >= 11 is 18.7. The Morgan fingerprint density at radius 1 is 0.850 bits per heavy atom. The van der Waals surface area contributed by atoms with Crippen molar-refractivity contribution in [1.29, 1.82) is 0 Å². The van der Waals surface area contributed by atoms with Crippen LogP contribution in [0, 0.1) is 12.7 Å². The highest BCUT2D eigenvalue weighted by molar-refractivity contribution is 7.89. The van der Waals surface area contributed by atoms with Gasteiger partial charge in [0.25, 0.3) is 0 Å². The number of aryl methyl sites for hydroxylation is 1. The lowest BCUT2D eigenvalue weighted by Gasteiger charge is -2.45. The van der Waals surface area contributed by atoms with Crippen molar-refractivity contribution in [1.82, 2.24) is 9.21 Å². The largest absolute Gasteiger partial charge is 0.367 e. The number of carbonyl (C=O) groups excluding carboxylic acids is 1. The van der Waals surface area contributed by atoms with Gasteiger partial charge in [0, 0.05) is 61.5 Å². The average molecular weight is 626 g/mol. The molecule has 12 heteroatoms. The molecule has 1 amide bonds. The molecule has 2 aliphatic rings. The van der Waals surface area contributed by atoms with Crippen LogP contribution in [0.1, 0.15) is 5.56 Å². The molecule has 0 saturated carbocycles. The third-order valence-corrected chi connectivity index (χ3v) is 10.0. The molecule has 0 bridgehead atoms. The molecule has 0 spiro atoms. The van der Waals surface area contributed by atoms with Crippen LogP contribution in [0.25, 0.3) is 0 Å². The van der Waals surface area contributed by atoms with E-state index in [1.165, 1.54) is 28.6 Å². The van der Waals surface area contributed by atoms with Gasteiger partial charge in [-0.25, -0.2) is 12.8 Å². The van der Waals surface area contributed by atoms with Crippen LogP contribution in [0.5, 0.6) is 0 Å². The number of benzene rings is 3. The first-order valence-corrected chi connectivity index (χ1v) is 15.4. The van der Waals surface area contributed by atoms with Crippen LogP contribution in [0.15, 0.2) is 65.6 Å². The van der Waals surface area contributed by atoms with Gasteiger partial charge >= 0.3 is 0 Å². The first kappa shape index (κ1) is 29.0. The first-order chi connectivity index (χ1) is 19.0. The predicted octanol–water partition coefficient (Wildman–Crippen LogP) is 5.32. The summed E-state index contributed by atoms with van der Waals surface area (Å²) in [4.78, 5) is 19.8. The number of carbonyl (C=O) groups is 1. The van der Waals surface area contributed by atoms with Gasteiger partial charge in [-0.2, -0.15) is 4.31 Å². The lowest BCUT2D eigenvalue weighted by atomic mass is 10.1. The summed E-state index contributed by atoms with van der Waals surface area (Å²) < 4.78 is 42.3. The fraction of sp³-hybridized carbons (Fsp3) is 0.321. The summed E-state index contributed by atoms with van der Waals surface area (Å²) in [6, 6.07) is 15.0. The van der Waals surface area contributed by atoms with E-state index in [0.717, 1.165) is 5.69 Å². The molecule has 0 aromatic heterocycles. The molecule has 2 fully saturated rings. The number of halogens is 4. The van der Waals surface area contributed by atoms with Gasteiger partial charge < -0.3 is 14.7 Å². The quantitative estimate of drug-likeness (QED) is 0.384. The number of hydrogen-bond donors (Lipinski definition) is 0. The van der Waals surface area contributed by atoms with Gasteiger partial charge in [-0.3, -0.25) is 4.79 Å². The predicted molar refractivity (Wildman–Crippen MR) is 158 cm³/mol. The second-order valence-corrected chi connectivity index (χ2v) is 13.1. The molecule has 0 N–H and O–H groups in total. The van der Waals surface area contributed by atoms with E-state index in [1.807, 2.05) is 4.90 Å². The van der Waals surface area contributed by atoms with E-state index in [-0.39, 0.29) is 36.3 Å². The molecule has 40 heavy (non-hydrogen) atoms. The zero-order valence-corrected chi connectivity index (χ0v) is 24.8. The number of sulfonamides is 1. The molecule has 0 radical (unpaired) electrons. The third kappa shape index (κ3) is 5.90. The van der Waals surface area contributed by atoms with Crippen molar-refractivity contribution in [3.8, 4) is 0 Å². The molecule has 2 aliphatic heterocycles. The van der Waals surface area contributed by atoms with E-state index >= 15 is 0 Å². The number of rotatable bonds is 5. The number of nitrogens with zero attached hydrogens (tertiary/aromatic N) is 4. The van der Waals surface area contributed by atoms with Crippen molar-refractivity contribution in [3.63, 3.8) is 0 Å². The fourth-order valence-corrected chi connectivity index (χ4v) is 7.44. The van der Waals surface area contributed by atoms with Crippen molar-refractivity contribution in [2.45, 2.75) is 17.9 Å². The standard InChI is InChI=1S/C28H28Cl3FN4O3S/c1-19-15-22(32)6-8-25(19)36-14-13-35(40(38,39)23-4-2-3-20(29)16-23)18-27(36)28(37)34-11-9-33(10-12-34)26-17-21(30)5-7-24(26)31/h2-8,15-17,27H,9-14,18H2,1H3. The van der Waals surface area contributed by atoms with Crippen LogP contribution in [-0.2, 0) is 14.8 Å². The number of piperazine rings is 2. The molecular formula is C28H28Cl3FN4O3S. The van der Waals surface area contributed by atoms with Gasteiger partial charge in [0.2, 0.25) is 15.9 Å². The smallest absolute Gasteiger partial charge is 0.246 e. The zero-order valence-electron chi connectivity index (χ0n) is 21.7. The summed E-state index contributed by atoms with van der Waals surface area (Å²) in [5, 5.41) is 1.47. The Morgan fingerprint density at radius 2 is 1.57 bits per heavy atom. The Morgan fingerprint density at radius 3 is 2.27 bits per heavy atom. The Hall–Kier alpha value is -2.56. The summed E-state index contributed by atoms with van der Waals surface area (Å²) in [6.07, 6.45) is 0. The highest BCUT2D eigenvalue weighted by Crippen LogP contribution is 2.32. The molecule has 0 aliphatic carbocycles. The number of hydrogen-bond acceptors (Lipinski definition) is 5. The summed E-state index contributed by atoms with van der Waals surface area (Å²) in [7, 11) is -3.90. The molecule has 1 unspecified atom stereocenters. The van der Waals surface area contributed by atoms with Crippen molar-refractivity contribution in [2.24, 2.45) is 0 Å². The highest BCUT2D eigenvalue weighted by Gasteiger charge is 2.40. The van der Waals surface area contributed by atoms with Gasteiger partial charge in [-0.1, -0.05) is 40.9 Å². The van der Waals surface area contributed by atoms with Crippen molar-refractivity contribution in [3.05, 3.63) is 87.1 Å². The molecule has 1 atom stereocenters. The van der Waals surface area contributed by atoms with E-state index in [4.69, 9.17) is 34.8 Å². The number of anilines is 2. The van der Waals surface area contributed by atoms with Crippen LogP contribution >= 0.6 is 34.8 Å². The minimum Gasteiger partial charge on any atom is -0.367 e. The maximum absolute atomic E-state index is 14.0. The molecule has 3 aromatic rings. The Bertz CT molecular complexity index is 1530. The van der Waals surface area contributed by atoms with Gasteiger partial charge in [-0.05, 0) is 67.1 Å². The van der Waals surface area contributed by atoms with E-state index in [1.54, 1.807) is 48.2 Å². The van der Waals surface area contributed by atoms with Crippen LogP contribution in [0.4, 0.5) is 15.8 Å². The molecule has 3 aromatic carbocycles. The van der Waals surface area contributed by atoms with Crippen molar-refractivity contribution in [2.75, 3.05) is 55.6 Å². The van der Waals surface area contributed by atoms with E-state index in [0.29, 0.717) is 52.5 Å². The number of amides is 1. The van der Waals surface area contributed by atoms with Crippen LogP contribution in [0.3, 0.4) is 0 Å². The SMILES string of the molecule is Cc1cc(F)ccc1N1CCN(S(=O)(=O)c2cccc(Cl)c2)CC1C(=O)N1CCN(c2cc(Cl)ccc2Cl)CC1. The molecule has 7 nitrogen and oxygen atoms in total. The molecular weight excluding hydrogens is 598 g/mol. The Balaban J connectivity index is 1.40. The van der Waals surface area contributed by atoms with E-state index in [9.17, 15) is 17.6 Å². The van der Waals surface area contributed by atoms with Crippen LogP contribution < -0.4 is 9.80 Å². The van der Waals surface area contributed by atoms with Gasteiger partial charge in [0.1, 0.15) is 11.9 Å². The van der Waals surface area contributed by atoms with Gasteiger partial charge in [0.15, 0.2) is 0 Å². The molecule has 2 saturated heterocycles. The lowest BCUT2D eigenvalue weighted by molar-refractivity contribution is -0.133. The monoisotopic (exact) mass is 624 g/mol. The average Bonchev–Trinajstić information content (AvgIpc) is 2.94. The first-order valence-electron chi connectivity index (χ1n) is 12.8. The Labute approximate surface area is 248 Å². The van der Waals surface area contributed by atoms with Gasteiger partial charge in [-0.15, -0.1) is 0 Å². The molecule has 2 heterocycles. The summed E-state index contributed by atoms with van der Waals surface area (Å²) in [5.41, 5.74) is 2.18. The highest BCUT2D eigenvalue weighted by atomic mass is 35.5. The maximum atomic E-state index is 14.0.